The maximum atomic E-state index is 14.1. The highest BCUT2D eigenvalue weighted by Gasteiger charge is 2.54. The van der Waals surface area contributed by atoms with Crippen molar-refractivity contribution in [3.05, 3.63) is 81.2 Å². The molecule has 1 aliphatic rings. The fourth-order valence-electron chi connectivity index (χ4n) is 6.53. The number of rotatable bonds is 7. The number of fused-ring (bicyclic) bond motifs is 2. The summed E-state index contributed by atoms with van der Waals surface area (Å²) in [5.74, 6) is -0.819. The van der Waals surface area contributed by atoms with Crippen LogP contribution >= 0.6 is 22.6 Å². The lowest BCUT2D eigenvalue weighted by Gasteiger charge is -2.37. The van der Waals surface area contributed by atoms with Gasteiger partial charge in [-0.25, -0.2) is 14.2 Å². The van der Waals surface area contributed by atoms with Crippen molar-refractivity contribution in [3.8, 4) is 5.69 Å². The highest BCUT2D eigenvalue weighted by atomic mass is 127. The average molecular weight is 778 g/mol. The predicted octanol–water partition coefficient (Wildman–Crippen LogP) is 7.76. The Bertz CT molecular complexity index is 2100. The second-order valence-electron chi connectivity index (χ2n) is 14.7. The maximum Gasteiger partial charge on any atom is 0.496 e. The molecule has 1 aliphatic heterocycles. The van der Waals surface area contributed by atoms with Crippen molar-refractivity contribution in [2.45, 2.75) is 85.4 Å². The summed E-state index contributed by atoms with van der Waals surface area (Å²) in [6, 6.07) is 12.5. The summed E-state index contributed by atoms with van der Waals surface area (Å²) in [6.45, 7) is 15.8. The molecule has 4 heterocycles. The van der Waals surface area contributed by atoms with Crippen molar-refractivity contribution in [1.82, 2.24) is 19.3 Å². The molecule has 9 nitrogen and oxygen atoms in total. The number of hydrogen-bond donors (Lipinski definition) is 0. The largest absolute Gasteiger partial charge is 0.496 e. The Hall–Kier alpha value is -3.62. The van der Waals surface area contributed by atoms with Crippen molar-refractivity contribution in [1.29, 1.82) is 0 Å². The molecule has 2 aromatic carbocycles. The molecule has 0 spiro atoms. The average Bonchev–Trinajstić information content (AvgIpc) is 3.66. The molecule has 6 rings (SSSR count). The molecule has 0 saturated carbocycles. The van der Waals surface area contributed by atoms with E-state index in [0.29, 0.717) is 12.0 Å². The minimum absolute atomic E-state index is 0.0543. The molecule has 0 radical (unpaired) electrons. The van der Waals surface area contributed by atoms with Crippen molar-refractivity contribution >= 4 is 68.9 Å². The smallest absolute Gasteiger partial charge is 0.464 e. The van der Waals surface area contributed by atoms with Gasteiger partial charge in [0.15, 0.2) is 5.69 Å². The molecule has 256 valence electrons. The van der Waals surface area contributed by atoms with E-state index in [0.717, 1.165) is 48.6 Å². The number of hydrogen-bond acceptors (Lipinski definition) is 7. The van der Waals surface area contributed by atoms with Gasteiger partial charge in [-0.3, -0.25) is 4.79 Å². The van der Waals surface area contributed by atoms with Gasteiger partial charge >= 0.3 is 13.1 Å². The quantitative estimate of drug-likeness (QED) is 0.0947. The van der Waals surface area contributed by atoms with E-state index in [4.69, 9.17) is 14.0 Å². The molecule has 1 fully saturated rings. The van der Waals surface area contributed by atoms with Gasteiger partial charge in [-0.15, -0.1) is 0 Å². The molecule has 0 N–H and O–H groups in total. The molecule has 1 saturated heterocycles. The van der Waals surface area contributed by atoms with E-state index in [9.17, 15) is 14.0 Å². The summed E-state index contributed by atoms with van der Waals surface area (Å²) in [6.07, 6.45) is 4.78. The van der Waals surface area contributed by atoms with Crippen LogP contribution < -0.4 is 5.46 Å². The zero-order valence-corrected chi connectivity index (χ0v) is 31.5. The molecular weight excluding hydrogens is 737 g/mol. The van der Waals surface area contributed by atoms with Gasteiger partial charge in [0.1, 0.15) is 5.82 Å². The number of pyridine rings is 1. The van der Waals surface area contributed by atoms with E-state index < -0.39 is 29.7 Å². The lowest BCUT2D eigenvalue weighted by Crippen LogP contribution is -2.45. The summed E-state index contributed by atoms with van der Waals surface area (Å²) < 4.78 is 36.9. The fourth-order valence-corrected chi connectivity index (χ4v) is 7.73. The lowest BCUT2D eigenvalue weighted by molar-refractivity contribution is -0.0178. The SMILES string of the molecule is COC(=O)c1ncc(B2OC(C)(C)C(C)(CCC(C)c3c(I)c4cc5c(cnn5C(=O)C(C)(C)C)cc4n3-c3ccc(F)cc3)O2)cc1C. The van der Waals surface area contributed by atoms with Crippen LogP contribution in [0.3, 0.4) is 0 Å². The predicted molar refractivity (Wildman–Crippen MR) is 197 cm³/mol. The van der Waals surface area contributed by atoms with E-state index in [1.165, 1.54) is 23.9 Å². The van der Waals surface area contributed by atoms with Crippen LogP contribution in [0.1, 0.15) is 93.8 Å². The van der Waals surface area contributed by atoms with Gasteiger partial charge in [0.05, 0.1) is 35.5 Å². The number of aryl methyl sites for hydroxylation is 1. The molecule has 0 amide bonds. The number of benzene rings is 2. The van der Waals surface area contributed by atoms with Crippen LogP contribution in [0.5, 0.6) is 0 Å². The number of carbonyl (C=O) groups is 2. The summed E-state index contributed by atoms with van der Waals surface area (Å²) in [7, 11) is 0.683. The number of nitrogens with zero attached hydrogens (tertiary/aromatic N) is 4. The Morgan fingerprint density at radius 3 is 2.39 bits per heavy atom. The standard InChI is InChI=1S/C37H41BFIN4O5/c1-21(14-15-37(8)36(6,7)48-38(49-37)24-16-22(2)31(41-20-24)33(45)47-9)32-30(40)27-18-28-23(19-42-44(28)34(46)35(3,4)5)17-29(27)43(32)26-12-10-25(39)11-13-26/h10-13,16-21H,14-15H2,1-9H3. The van der Waals surface area contributed by atoms with Crippen molar-refractivity contribution in [3.63, 3.8) is 0 Å². The number of ether oxygens (including phenoxy) is 1. The molecule has 5 aromatic rings. The van der Waals surface area contributed by atoms with Gasteiger partial charge in [0.2, 0.25) is 0 Å². The summed E-state index contributed by atoms with van der Waals surface area (Å²) in [5.41, 5.74) is 3.44. The van der Waals surface area contributed by atoms with E-state index in [1.807, 2.05) is 53.7 Å². The number of methoxy groups -OCH3 is 1. The second kappa shape index (κ2) is 12.6. The third-order valence-electron chi connectivity index (χ3n) is 9.86. The van der Waals surface area contributed by atoms with Gasteiger partial charge in [-0.1, -0.05) is 33.8 Å². The Morgan fingerprint density at radius 1 is 1.06 bits per heavy atom. The van der Waals surface area contributed by atoms with Gasteiger partial charge < -0.3 is 18.6 Å². The van der Waals surface area contributed by atoms with Crippen LogP contribution in [0.15, 0.2) is 54.9 Å². The first kappa shape index (κ1) is 35.2. The molecule has 0 aliphatic carbocycles. The highest BCUT2D eigenvalue weighted by Crippen LogP contribution is 2.44. The third kappa shape index (κ3) is 6.20. The minimum atomic E-state index is -0.651. The molecular formula is C37H41BFIN4O5. The maximum absolute atomic E-state index is 14.1. The number of halogens is 2. The minimum Gasteiger partial charge on any atom is -0.464 e. The second-order valence-corrected chi connectivity index (χ2v) is 15.8. The van der Waals surface area contributed by atoms with Gasteiger partial charge in [0.25, 0.3) is 5.91 Å². The van der Waals surface area contributed by atoms with Gasteiger partial charge in [-0.05, 0) is 111 Å². The summed E-state index contributed by atoms with van der Waals surface area (Å²) >= 11 is 2.40. The monoisotopic (exact) mass is 778 g/mol. The van der Waals surface area contributed by atoms with Gasteiger partial charge in [0, 0.05) is 42.8 Å². The first-order valence-corrected chi connectivity index (χ1v) is 17.5. The zero-order chi connectivity index (χ0) is 35.6. The third-order valence-corrected chi connectivity index (χ3v) is 11.0. The van der Waals surface area contributed by atoms with E-state index in [2.05, 4.69) is 57.2 Å². The van der Waals surface area contributed by atoms with Crippen LogP contribution in [-0.2, 0) is 14.0 Å². The summed E-state index contributed by atoms with van der Waals surface area (Å²) in [4.78, 5) is 29.7. The van der Waals surface area contributed by atoms with Crippen LogP contribution in [0.4, 0.5) is 4.39 Å². The molecule has 2 unspecified atom stereocenters. The Morgan fingerprint density at radius 2 is 1.76 bits per heavy atom. The molecule has 0 bridgehead atoms. The van der Waals surface area contributed by atoms with E-state index in [-0.39, 0.29) is 23.3 Å². The highest BCUT2D eigenvalue weighted by molar-refractivity contribution is 14.1. The van der Waals surface area contributed by atoms with Crippen LogP contribution in [-0.4, -0.2) is 56.6 Å². The van der Waals surface area contributed by atoms with Gasteiger partial charge in [-0.2, -0.15) is 9.78 Å². The van der Waals surface area contributed by atoms with Crippen LogP contribution in [0, 0.1) is 21.7 Å². The van der Waals surface area contributed by atoms with Crippen molar-refractivity contribution < 1.29 is 28.0 Å². The number of esters is 1. The lowest BCUT2D eigenvalue weighted by atomic mass is 9.79. The van der Waals surface area contributed by atoms with Crippen LogP contribution in [0.25, 0.3) is 27.5 Å². The zero-order valence-electron chi connectivity index (χ0n) is 29.4. The molecule has 12 heteroatoms. The van der Waals surface area contributed by atoms with Crippen molar-refractivity contribution in [2.75, 3.05) is 7.11 Å². The molecule has 2 atom stereocenters. The van der Waals surface area contributed by atoms with E-state index >= 15 is 0 Å². The molecule has 49 heavy (non-hydrogen) atoms. The van der Waals surface area contributed by atoms with E-state index in [1.54, 1.807) is 24.5 Å². The Kier molecular flexibility index (Phi) is 9.07. The Balaban J connectivity index is 1.36. The number of carbonyl (C=O) groups excluding carboxylic acids is 2. The normalized spacial score (nSPS) is 18.4. The summed E-state index contributed by atoms with van der Waals surface area (Å²) in [5, 5.41) is 6.31. The number of aromatic nitrogens is 4. The first-order chi connectivity index (χ1) is 23.0. The topological polar surface area (TPSA) is 97.5 Å². The van der Waals surface area contributed by atoms with Crippen LogP contribution in [0.2, 0.25) is 0 Å². The first-order valence-electron chi connectivity index (χ1n) is 16.4. The fraction of sp³-hybridized carbons (Fsp3) is 0.405. The Labute approximate surface area is 299 Å². The van der Waals surface area contributed by atoms with Crippen molar-refractivity contribution in [2.24, 2.45) is 5.41 Å². The molecule has 3 aromatic heterocycles.